The summed E-state index contributed by atoms with van der Waals surface area (Å²) in [4.78, 5) is 9.03. The minimum absolute atomic E-state index is 0.315. The molecule has 1 aromatic carbocycles. The molecule has 130 valence electrons. The van der Waals surface area contributed by atoms with Gasteiger partial charge in [-0.25, -0.2) is 4.98 Å². The van der Waals surface area contributed by atoms with Crippen LogP contribution in [-0.4, -0.2) is 21.7 Å². The highest BCUT2D eigenvalue weighted by atomic mass is 16.5. The van der Waals surface area contributed by atoms with E-state index < -0.39 is 0 Å². The molecule has 0 N–H and O–H groups in total. The fraction of sp³-hybridized carbons (Fsp3) is 0.150. The van der Waals surface area contributed by atoms with Gasteiger partial charge in [-0.2, -0.15) is 4.98 Å². The van der Waals surface area contributed by atoms with Crippen molar-refractivity contribution in [3.05, 3.63) is 60.4 Å². The van der Waals surface area contributed by atoms with Crippen molar-refractivity contribution in [2.45, 2.75) is 13.8 Å². The zero-order valence-corrected chi connectivity index (χ0v) is 14.5. The fourth-order valence-corrected chi connectivity index (χ4v) is 2.58. The number of nitrogens with zero attached hydrogens (tertiary/aromatic N) is 3. The lowest BCUT2D eigenvalue weighted by Gasteiger charge is -2.09. The summed E-state index contributed by atoms with van der Waals surface area (Å²) in [5.41, 5.74) is 3.72. The van der Waals surface area contributed by atoms with Crippen LogP contribution in [0.2, 0.25) is 0 Å². The maximum Gasteiger partial charge on any atom is 0.293 e. The summed E-state index contributed by atoms with van der Waals surface area (Å²) in [5.74, 6) is 1.71. The third kappa shape index (κ3) is 3.09. The van der Waals surface area contributed by atoms with Crippen LogP contribution in [0.1, 0.15) is 12.5 Å². The van der Waals surface area contributed by atoms with Crippen LogP contribution in [0.25, 0.3) is 34.3 Å². The Morgan fingerprint density at radius 1 is 1.00 bits per heavy atom. The van der Waals surface area contributed by atoms with Crippen molar-refractivity contribution in [2.24, 2.45) is 0 Å². The molecule has 0 saturated heterocycles. The smallest absolute Gasteiger partial charge is 0.293 e. The molecule has 0 radical (unpaired) electrons. The van der Waals surface area contributed by atoms with Gasteiger partial charge in [-0.3, -0.25) is 0 Å². The van der Waals surface area contributed by atoms with E-state index in [1.54, 1.807) is 18.4 Å². The second kappa shape index (κ2) is 6.84. The summed E-state index contributed by atoms with van der Waals surface area (Å²) in [6.07, 6.45) is 1.56. The Balaban J connectivity index is 1.73. The number of furan rings is 1. The molecule has 4 aromatic rings. The van der Waals surface area contributed by atoms with Crippen LogP contribution in [0.15, 0.2) is 63.7 Å². The first-order valence-corrected chi connectivity index (χ1v) is 8.33. The van der Waals surface area contributed by atoms with Gasteiger partial charge >= 0.3 is 0 Å². The summed E-state index contributed by atoms with van der Waals surface area (Å²) in [6.45, 7) is 4.45. The van der Waals surface area contributed by atoms with E-state index in [9.17, 15) is 0 Å². The molecule has 0 unspecified atom stereocenters. The van der Waals surface area contributed by atoms with Crippen molar-refractivity contribution >= 4 is 0 Å². The lowest BCUT2D eigenvalue weighted by molar-refractivity contribution is 0.328. The van der Waals surface area contributed by atoms with Gasteiger partial charge in [-0.15, -0.1) is 0 Å². The SMILES string of the molecule is CCOc1nc(-c2ccc(C)cc2)ccc1-c1noc(-c2ccco2)n1. The van der Waals surface area contributed by atoms with Gasteiger partial charge in [0.2, 0.25) is 11.7 Å². The van der Waals surface area contributed by atoms with E-state index in [1.165, 1.54) is 5.56 Å². The summed E-state index contributed by atoms with van der Waals surface area (Å²) in [5, 5.41) is 4.03. The predicted molar refractivity (Wildman–Crippen MR) is 96.6 cm³/mol. The van der Waals surface area contributed by atoms with Gasteiger partial charge in [0, 0.05) is 5.56 Å². The van der Waals surface area contributed by atoms with Crippen molar-refractivity contribution in [1.29, 1.82) is 0 Å². The van der Waals surface area contributed by atoms with E-state index in [-0.39, 0.29) is 0 Å². The minimum atomic E-state index is 0.315. The van der Waals surface area contributed by atoms with Crippen molar-refractivity contribution in [2.75, 3.05) is 6.61 Å². The second-order valence-electron chi connectivity index (χ2n) is 5.75. The number of aromatic nitrogens is 3. The number of pyridine rings is 1. The maximum absolute atomic E-state index is 5.72. The number of ether oxygens (including phenoxy) is 1. The van der Waals surface area contributed by atoms with E-state index >= 15 is 0 Å². The third-order valence-electron chi connectivity index (χ3n) is 3.89. The molecule has 3 heterocycles. The minimum Gasteiger partial charge on any atom is -0.477 e. The lowest BCUT2D eigenvalue weighted by atomic mass is 10.1. The first-order valence-electron chi connectivity index (χ1n) is 8.33. The molecule has 0 aliphatic rings. The molecule has 0 amide bonds. The second-order valence-corrected chi connectivity index (χ2v) is 5.75. The van der Waals surface area contributed by atoms with Crippen molar-refractivity contribution in [3.63, 3.8) is 0 Å². The lowest BCUT2D eigenvalue weighted by Crippen LogP contribution is -1.99. The van der Waals surface area contributed by atoms with Gasteiger partial charge in [0.15, 0.2) is 5.76 Å². The Morgan fingerprint density at radius 3 is 2.58 bits per heavy atom. The Bertz CT molecular complexity index is 1010. The number of aryl methyl sites for hydroxylation is 1. The predicted octanol–water partition coefficient (Wildman–Crippen LogP) is 4.77. The number of benzene rings is 1. The van der Waals surface area contributed by atoms with Crippen LogP contribution in [0.5, 0.6) is 5.88 Å². The molecular weight excluding hydrogens is 330 g/mol. The van der Waals surface area contributed by atoms with Gasteiger partial charge in [-0.1, -0.05) is 35.0 Å². The van der Waals surface area contributed by atoms with Crippen molar-refractivity contribution in [1.82, 2.24) is 15.1 Å². The zero-order valence-electron chi connectivity index (χ0n) is 14.5. The Hall–Kier alpha value is -3.41. The van der Waals surface area contributed by atoms with E-state index in [1.807, 2.05) is 31.2 Å². The van der Waals surface area contributed by atoms with Crippen molar-refractivity contribution in [3.8, 4) is 40.2 Å². The summed E-state index contributed by atoms with van der Waals surface area (Å²) in [6, 6.07) is 15.5. The van der Waals surface area contributed by atoms with Crippen molar-refractivity contribution < 1.29 is 13.7 Å². The van der Waals surface area contributed by atoms with Crippen LogP contribution in [0.4, 0.5) is 0 Å². The zero-order chi connectivity index (χ0) is 17.9. The Morgan fingerprint density at radius 2 is 1.85 bits per heavy atom. The maximum atomic E-state index is 5.72. The first-order chi connectivity index (χ1) is 12.7. The molecule has 6 heteroatoms. The van der Waals surface area contributed by atoms with Gasteiger partial charge in [0.25, 0.3) is 5.89 Å². The Labute approximate surface area is 150 Å². The highest BCUT2D eigenvalue weighted by Crippen LogP contribution is 2.31. The molecule has 0 aliphatic heterocycles. The van der Waals surface area contributed by atoms with Crippen LogP contribution in [0.3, 0.4) is 0 Å². The largest absolute Gasteiger partial charge is 0.477 e. The standard InChI is InChI=1S/C20H17N3O3/c1-3-24-19-15(18-22-20(26-23-18)17-5-4-12-25-17)10-11-16(21-19)14-8-6-13(2)7-9-14/h4-12H,3H2,1-2H3. The molecule has 0 aliphatic carbocycles. The summed E-state index contributed by atoms with van der Waals surface area (Å²) < 4.78 is 16.3. The molecule has 6 nitrogen and oxygen atoms in total. The topological polar surface area (TPSA) is 74.2 Å². The average molecular weight is 347 g/mol. The van der Waals surface area contributed by atoms with Gasteiger partial charge < -0.3 is 13.7 Å². The average Bonchev–Trinajstić information content (AvgIpc) is 3.34. The summed E-state index contributed by atoms with van der Waals surface area (Å²) >= 11 is 0. The van der Waals surface area contributed by atoms with E-state index in [0.29, 0.717) is 35.5 Å². The Kier molecular flexibility index (Phi) is 4.23. The number of hydrogen-bond donors (Lipinski definition) is 0. The van der Waals surface area contributed by atoms with Gasteiger partial charge in [0.05, 0.1) is 24.1 Å². The molecule has 0 atom stereocenters. The van der Waals surface area contributed by atoms with Crippen LogP contribution < -0.4 is 4.74 Å². The monoisotopic (exact) mass is 347 g/mol. The molecule has 3 aromatic heterocycles. The highest BCUT2D eigenvalue weighted by Gasteiger charge is 2.18. The molecular formula is C20H17N3O3. The van der Waals surface area contributed by atoms with Crippen LogP contribution in [-0.2, 0) is 0 Å². The normalized spacial score (nSPS) is 10.8. The first kappa shape index (κ1) is 16.1. The summed E-state index contributed by atoms with van der Waals surface area (Å²) in [7, 11) is 0. The molecule has 0 fully saturated rings. The van der Waals surface area contributed by atoms with E-state index in [4.69, 9.17) is 13.7 Å². The molecule has 0 bridgehead atoms. The molecule has 26 heavy (non-hydrogen) atoms. The van der Waals surface area contributed by atoms with E-state index in [2.05, 4.69) is 34.2 Å². The highest BCUT2D eigenvalue weighted by molar-refractivity contribution is 5.68. The molecule has 0 spiro atoms. The van der Waals surface area contributed by atoms with E-state index in [0.717, 1.165) is 11.3 Å². The quantitative estimate of drug-likeness (QED) is 0.518. The fourth-order valence-electron chi connectivity index (χ4n) is 2.58. The molecule has 4 rings (SSSR count). The third-order valence-corrected chi connectivity index (χ3v) is 3.89. The van der Waals surface area contributed by atoms with Crippen LogP contribution >= 0.6 is 0 Å². The van der Waals surface area contributed by atoms with Gasteiger partial charge in [0.1, 0.15) is 0 Å². The van der Waals surface area contributed by atoms with Gasteiger partial charge in [-0.05, 0) is 38.1 Å². The van der Waals surface area contributed by atoms with Crippen LogP contribution in [0, 0.1) is 6.92 Å². The molecule has 0 saturated carbocycles. The number of rotatable bonds is 5. The number of hydrogen-bond acceptors (Lipinski definition) is 6.